The summed E-state index contributed by atoms with van der Waals surface area (Å²) in [6, 6.07) is 0. The lowest BCUT2D eigenvalue weighted by molar-refractivity contribution is -0.347. The second-order valence-electron chi connectivity index (χ2n) is 18.4. The number of aliphatic hydroxyl groups excluding tert-OH is 6. The average Bonchev–Trinajstić information content (AvgIpc) is 3.55. The van der Waals surface area contributed by atoms with E-state index >= 15 is 0 Å². The molecule has 6 rings (SSSR count). The Balaban J connectivity index is 1.38. The Hall–Kier alpha value is -0.400. The molecule has 7 N–H and O–H groups in total. The number of aliphatic hydroxyl groups is 7. The maximum absolute atomic E-state index is 12.2. The van der Waals surface area contributed by atoms with Crippen molar-refractivity contribution in [2.24, 2.45) is 45.3 Å². The van der Waals surface area contributed by atoms with E-state index in [1.165, 1.54) is 0 Å². The van der Waals surface area contributed by atoms with Crippen molar-refractivity contribution >= 4 is 0 Å². The lowest BCUT2D eigenvalue weighted by Gasteiger charge is -2.72. The highest BCUT2D eigenvalue weighted by Gasteiger charge is 2.74. The maximum atomic E-state index is 12.2. The molecule has 6 aliphatic rings. The molecule has 0 aromatic carbocycles. The number of ether oxygens (including phenoxy) is 3. The van der Waals surface area contributed by atoms with Crippen molar-refractivity contribution in [3.05, 3.63) is 0 Å². The molecule has 46 heavy (non-hydrogen) atoms. The van der Waals surface area contributed by atoms with E-state index < -0.39 is 72.2 Å². The van der Waals surface area contributed by atoms with Crippen molar-refractivity contribution in [1.82, 2.24) is 0 Å². The smallest absolute Gasteiger partial charge is 0.186 e. The normalized spacial score (nSPS) is 57.1. The molecule has 0 spiro atoms. The van der Waals surface area contributed by atoms with Crippen LogP contribution in [-0.2, 0) is 14.2 Å². The summed E-state index contributed by atoms with van der Waals surface area (Å²) in [6.45, 7) is 16.4. The van der Waals surface area contributed by atoms with Crippen LogP contribution in [-0.4, -0.2) is 109 Å². The summed E-state index contributed by atoms with van der Waals surface area (Å²) in [6.07, 6.45) is -2.57. The molecule has 4 saturated carbocycles. The maximum Gasteiger partial charge on any atom is 0.186 e. The highest BCUT2D eigenvalue weighted by Crippen LogP contribution is 2.76. The molecule has 17 atom stereocenters. The number of hydrogen-bond acceptors (Lipinski definition) is 10. The van der Waals surface area contributed by atoms with Crippen LogP contribution in [0.15, 0.2) is 0 Å². The Labute approximate surface area is 274 Å². The standard InChI is InChI=1S/C36H62O10/c1-31(2)23(39)10-12-33(5)22-15-19(38)25-18(36(8)14-11-24(46-36)32(3,4)43)9-13-34(25,6)35(22,7)16-20(29(31)33)44-30-28(42)27(41)26(40)21(17-37)45-30/h18-30,37-43H,9-17H2,1-8H3/t18-,19+,20-,21+,22?,23-,24+,25-,26+,27-,28+,29?,30+,33+,34-,35+,36-/m0/s1. The first kappa shape index (κ1) is 35.4. The van der Waals surface area contributed by atoms with Gasteiger partial charge in [0.05, 0.1) is 42.2 Å². The largest absolute Gasteiger partial charge is 0.394 e. The van der Waals surface area contributed by atoms with Crippen molar-refractivity contribution in [2.75, 3.05) is 6.61 Å². The molecular weight excluding hydrogens is 592 g/mol. The monoisotopic (exact) mass is 654 g/mol. The molecule has 10 heteroatoms. The van der Waals surface area contributed by atoms with Gasteiger partial charge in [-0.3, -0.25) is 0 Å². The molecule has 2 unspecified atom stereocenters. The van der Waals surface area contributed by atoms with Crippen LogP contribution in [0, 0.1) is 45.3 Å². The van der Waals surface area contributed by atoms with Crippen molar-refractivity contribution in [3.8, 4) is 0 Å². The van der Waals surface area contributed by atoms with Crippen molar-refractivity contribution in [3.63, 3.8) is 0 Å². The molecule has 266 valence electrons. The molecule has 2 heterocycles. The summed E-state index contributed by atoms with van der Waals surface area (Å²) >= 11 is 0. The molecule has 0 radical (unpaired) electrons. The zero-order chi connectivity index (χ0) is 34.0. The zero-order valence-electron chi connectivity index (χ0n) is 29.2. The zero-order valence-corrected chi connectivity index (χ0v) is 29.2. The Kier molecular flexibility index (Phi) is 8.71. The van der Waals surface area contributed by atoms with Gasteiger partial charge in [0.25, 0.3) is 0 Å². The van der Waals surface area contributed by atoms with Crippen LogP contribution in [0.5, 0.6) is 0 Å². The number of rotatable bonds is 5. The van der Waals surface area contributed by atoms with Gasteiger partial charge in [0, 0.05) is 0 Å². The van der Waals surface area contributed by atoms with Crippen LogP contribution >= 0.6 is 0 Å². The average molecular weight is 655 g/mol. The third-order valence-corrected chi connectivity index (χ3v) is 15.3. The van der Waals surface area contributed by atoms with Gasteiger partial charge in [-0.1, -0.05) is 34.6 Å². The Morgan fingerprint density at radius 2 is 1.50 bits per heavy atom. The lowest BCUT2D eigenvalue weighted by Crippen LogP contribution is -2.71. The molecule has 0 amide bonds. The van der Waals surface area contributed by atoms with E-state index in [1.54, 1.807) is 13.8 Å². The van der Waals surface area contributed by atoms with Gasteiger partial charge in [-0.25, -0.2) is 0 Å². The second-order valence-corrected chi connectivity index (χ2v) is 18.4. The minimum atomic E-state index is -1.54. The molecule has 0 aromatic rings. The van der Waals surface area contributed by atoms with Crippen LogP contribution < -0.4 is 0 Å². The fourth-order valence-electron chi connectivity index (χ4n) is 12.7. The molecule has 0 bridgehead atoms. The van der Waals surface area contributed by atoms with E-state index in [1.807, 2.05) is 0 Å². The summed E-state index contributed by atoms with van der Waals surface area (Å²) in [4.78, 5) is 0. The van der Waals surface area contributed by atoms with Crippen LogP contribution in [0.4, 0.5) is 0 Å². The van der Waals surface area contributed by atoms with Crippen LogP contribution in [0.25, 0.3) is 0 Å². The van der Waals surface area contributed by atoms with Crippen LogP contribution in [0.2, 0.25) is 0 Å². The van der Waals surface area contributed by atoms with E-state index in [0.29, 0.717) is 19.3 Å². The van der Waals surface area contributed by atoms with Crippen LogP contribution in [0.1, 0.15) is 107 Å². The van der Waals surface area contributed by atoms with Crippen LogP contribution in [0.3, 0.4) is 0 Å². The van der Waals surface area contributed by atoms with Gasteiger partial charge < -0.3 is 50.0 Å². The van der Waals surface area contributed by atoms with E-state index in [2.05, 4.69) is 41.5 Å². The molecule has 2 saturated heterocycles. The van der Waals surface area contributed by atoms with Gasteiger partial charge in [-0.05, 0) is 117 Å². The number of hydrogen-bond donors (Lipinski definition) is 7. The first-order valence-corrected chi connectivity index (χ1v) is 17.9. The topological polar surface area (TPSA) is 169 Å². The summed E-state index contributed by atoms with van der Waals surface area (Å²) in [5, 5.41) is 76.4. The quantitative estimate of drug-likeness (QED) is 0.219. The fraction of sp³-hybridized carbons (Fsp3) is 1.00. The van der Waals surface area contributed by atoms with Gasteiger partial charge in [-0.15, -0.1) is 0 Å². The third-order valence-electron chi connectivity index (χ3n) is 15.3. The van der Waals surface area contributed by atoms with Gasteiger partial charge in [0.15, 0.2) is 6.29 Å². The van der Waals surface area contributed by atoms with E-state index in [4.69, 9.17) is 14.2 Å². The fourth-order valence-corrected chi connectivity index (χ4v) is 12.7. The molecule has 10 nitrogen and oxygen atoms in total. The van der Waals surface area contributed by atoms with E-state index in [-0.39, 0.29) is 46.0 Å². The second kappa shape index (κ2) is 11.3. The first-order chi connectivity index (χ1) is 21.2. The predicted octanol–water partition coefficient (Wildman–Crippen LogP) is 2.51. The summed E-state index contributed by atoms with van der Waals surface area (Å²) in [5.74, 6) is 0.0944. The van der Waals surface area contributed by atoms with E-state index in [9.17, 15) is 35.7 Å². The Morgan fingerprint density at radius 3 is 2.11 bits per heavy atom. The summed E-state index contributed by atoms with van der Waals surface area (Å²) < 4.78 is 19.4. The van der Waals surface area contributed by atoms with Gasteiger partial charge in [-0.2, -0.15) is 0 Å². The van der Waals surface area contributed by atoms with Crippen molar-refractivity contribution in [2.45, 2.75) is 173 Å². The van der Waals surface area contributed by atoms with E-state index in [0.717, 1.165) is 32.1 Å². The molecular formula is C36H62O10. The van der Waals surface area contributed by atoms with Gasteiger partial charge in [0.2, 0.25) is 0 Å². The molecule has 0 aromatic heterocycles. The predicted molar refractivity (Wildman–Crippen MR) is 169 cm³/mol. The van der Waals surface area contributed by atoms with Crippen molar-refractivity contribution in [1.29, 1.82) is 0 Å². The molecule has 4 aliphatic carbocycles. The lowest BCUT2D eigenvalue weighted by atomic mass is 9.34. The van der Waals surface area contributed by atoms with Gasteiger partial charge >= 0.3 is 0 Å². The Bertz CT molecular complexity index is 1140. The highest BCUT2D eigenvalue weighted by molar-refractivity contribution is 5.22. The third kappa shape index (κ3) is 4.94. The number of fused-ring (bicyclic) bond motifs is 5. The van der Waals surface area contributed by atoms with Crippen molar-refractivity contribution < 1.29 is 50.0 Å². The first-order valence-electron chi connectivity index (χ1n) is 17.9. The minimum absolute atomic E-state index is 0.0189. The molecule has 6 fully saturated rings. The SMILES string of the molecule is CC(C)(O)[C@H]1CC[C@@](C)([C@H]2CC[C@@]3(C)[C@@H]2[C@H](O)CC2[C@@]4(C)CC[C@H](O)C(C)(C)C4[C@@H](O[C@@H]4O[C@H](CO)[C@@H](O)[C@H](O)[C@H]4O)C[C@]23C)O1. The summed E-state index contributed by atoms with van der Waals surface area (Å²) in [5.41, 5.74) is -2.83. The Morgan fingerprint density at radius 1 is 0.826 bits per heavy atom. The highest BCUT2D eigenvalue weighted by atomic mass is 16.7. The minimum Gasteiger partial charge on any atom is -0.394 e. The van der Waals surface area contributed by atoms with Gasteiger partial charge in [0.1, 0.15) is 24.4 Å². The summed E-state index contributed by atoms with van der Waals surface area (Å²) in [7, 11) is 0. The molecule has 2 aliphatic heterocycles.